The molecule has 1 fully saturated rings. The summed E-state index contributed by atoms with van der Waals surface area (Å²) in [5.41, 5.74) is 0. The lowest BCUT2D eigenvalue weighted by atomic mass is 10.1. The minimum atomic E-state index is -3.45. The van der Waals surface area contributed by atoms with Crippen LogP contribution in [-0.4, -0.2) is 44.8 Å². The standard InChI is InChI=1S/C11H21NO4S2/c1-8(7-17-3)12-18(14,15)10-6-4-5-9(10)11(13)16-2/h8-10,12H,4-7H2,1-3H3. The molecule has 0 bridgehead atoms. The van der Waals surface area contributed by atoms with Crippen molar-refractivity contribution in [2.24, 2.45) is 5.92 Å². The highest BCUT2D eigenvalue weighted by Crippen LogP contribution is 2.31. The summed E-state index contributed by atoms with van der Waals surface area (Å²) in [6, 6.07) is -0.121. The van der Waals surface area contributed by atoms with Crippen molar-refractivity contribution in [2.45, 2.75) is 37.5 Å². The third-order valence-corrected chi connectivity index (χ3v) is 6.06. The highest BCUT2D eigenvalue weighted by molar-refractivity contribution is 7.98. The first-order valence-corrected chi connectivity index (χ1v) is 8.94. The molecule has 0 aromatic heterocycles. The van der Waals surface area contributed by atoms with Gasteiger partial charge in [-0.15, -0.1) is 0 Å². The molecule has 106 valence electrons. The normalized spacial score (nSPS) is 25.9. The fourth-order valence-electron chi connectivity index (χ4n) is 2.37. The smallest absolute Gasteiger partial charge is 0.310 e. The number of thioether (sulfide) groups is 1. The summed E-state index contributed by atoms with van der Waals surface area (Å²) in [6.45, 7) is 1.83. The Morgan fingerprint density at radius 1 is 1.50 bits per heavy atom. The Kier molecular flexibility index (Phi) is 5.94. The summed E-state index contributed by atoms with van der Waals surface area (Å²) in [6.07, 6.45) is 3.80. The fourth-order valence-corrected chi connectivity index (χ4v) is 5.03. The van der Waals surface area contributed by atoms with Gasteiger partial charge in [-0.25, -0.2) is 13.1 Å². The van der Waals surface area contributed by atoms with Crippen LogP contribution in [0.1, 0.15) is 26.2 Å². The Labute approximate surface area is 113 Å². The van der Waals surface area contributed by atoms with Crippen molar-refractivity contribution in [1.82, 2.24) is 4.72 Å². The summed E-state index contributed by atoms with van der Waals surface area (Å²) in [4.78, 5) is 11.6. The molecule has 1 aliphatic rings. The monoisotopic (exact) mass is 295 g/mol. The van der Waals surface area contributed by atoms with Gasteiger partial charge in [-0.3, -0.25) is 4.79 Å². The maximum absolute atomic E-state index is 12.2. The first-order valence-electron chi connectivity index (χ1n) is 6.00. The predicted octanol–water partition coefficient (Wildman–Crippen LogP) is 0.999. The molecule has 5 nitrogen and oxygen atoms in total. The number of ether oxygens (including phenoxy) is 1. The van der Waals surface area contributed by atoms with E-state index in [0.717, 1.165) is 12.2 Å². The second-order valence-electron chi connectivity index (χ2n) is 4.62. The zero-order valence-corrected chi connectivity index (χ0v) is 12.6. The lowest BCUT2D eigenvalue weighted by molar-refractivity contribution is -0.145. The quantitative estimate of drug-likeness (QED) is 0.740. The Balaban J connectivity index is 2.74. The lowest BCUT2D eigenvalue weighted by Gasteiger charge is -2.21. The molecule has 0 radical (unpaired) electrons. The Morgan fingerprint density at radius 2 is 2.17 bits per heavy atom. The number of carbonyl (C=O) groups is 1. The van der Waals surface area contributed by atoms with E-state index >= 15 is 0 Å². The molecule has 3 unspecified atom stereocenters. The molecule has 1 rings (SSSR count). The van der Waals surface area contributed by atoms with Crippen molar-refractivity contribution in [3.8, 4) is 0 Å². The molecule has 18 heavy (non-hydrogen) atoms. The van der Waals surface area contributed by atoms with Gasteiger partial charge in [0.2, 0.25) is 10.0 Å². The van der Waals surface area contributed by atoms with Crippen LogP contribution in [0.25, 0.3) is 0 Å². The minimum Gasteiger partial charge on any atom is -0.469 e. The predicted molar refractivity (Wildman–Crippen MR) is 73.0 cm³/mol. The fraction of sp³-hybridized carbons (Fsp3) is 0.909. The van der Waals surface area contributed by atoms with Gasteiger partial charge in [-0.1, -0.05) is 6.42 Å². The average molecular weight is 295 g/mol. The molecule has 7 heteroatoms. The number of esters is 1. The van der Waals surface area contributed by atoms with Gasteiger partial charge in [0.1, 0.15) is 0 Å². The van der Waals surface area contributed by atoms with Crippen LogP contribution in [0.2, 0.25) is 0 Å². The third kappa shape index (κ3) is 3.86. The lowest BCUT2D eigenvalue weighted by Crippen LogP contribution is -2.43. The maximum Gasteiger partial charge on any atom is 0.310 e. The van der Waals surface area contributed by atoms with Crippen molar-refractivity contribution in [3.63, 3.8) is 0 Å². The highest BCUT2D eigenvalue weighted by Gasteiger charge is 2.42. The number of nitrogens with one attached hydrogen (secondary N) is 1. The van der Waals surface area contributed by atoms with E-state index in [2.05, 4.69) is 9.46 Å². The van der Waals surface area contributed by atoms with Gasteiger partial charge < -0.3 is 4.74 Å². The van der Waals surface area contributed by atoms with Crippen molar-refractivity contribution in [1.29, 1.82) is 0 Å². The molecule has 0 spiro atoms. The van der Waals surface area contributed by atoms with E-state index in [-0.39, 0.29) is 6.04 Å². The SMILES string of the molecule is COC(=O)C1CCCC1S(=O)(=O)NC(C)CSC. The molecule has 0 aliphatic heterocycles. The second-order valence-corrected chi connectivity index (χ2v) is 7.46. The molecule has 1 aliphatic carbocycles. The summed E-state index contributed by atoms with van der Waals surface area (Å²) < 4.78 is 31.8. The van der Waals surface area contributed by atoms with E-state index in [1.807, 2.05) is 13.2 Å². The highest BCUT2D eigenvalue weighted by atomic mass is 32.2. The number of hydrogen-bond acceptors (Lipinski definition) is 5. The number of carbonyl (C=O) groups excluding carboxylic acids is 1. The Hall–Kier alpha value is -0.270. The second kappa shape index (κ2) is 6.77. The molecule has 3 atom stereocenters. The summed E-state index contributed by atoms with van der Waals surface area (Å²) >= 11 is 1.59. The minimum absolute atomic E-state index is 0.121. The molecule has 1 N–H and O–H groups in total. The molecule has 0 aromatic carbocycles. The molecule has 0 aromatic rings. The molecule has 0 heterocycles. The number of rotatable bonds is 6. The molecular weight excluding hydrogens is 274 g/mol. The Bertz CT molecular complexity index is 383. The van der Waals surface area contributed by atoms with Crippen molar-refractivity contribution < 1.29 is 17.9 Å². The van der Waals surface area contributed by atoms with Gasteiger partial charge in [0.05, 0.1) is 18.3 Å². The number of hydrogen-bond donors (Lipinski definition) is 1. The number of methoxy groups -OCH3 is 1. The van der Waals surface area contributed by atoms with Gasteiger partial charge in [-0.05, 0) is 26.0 Å². The van der Waals surface area contributed by atoms with E-state index in [4.69, 9.17) is 0 Å². The first kappa shape index (κ1) is 15.8. The summed E-state index contributed by atoms with van der Waals surface area (Å²) in [7, 11) is -2.15. The Morgan fingerprint density at radius 3 is 2.72 bits per heavy atom. The topological polar surface area (TPSA) is 72.5 Å². The van der Waals surface area contributed by atoms with E-state index in [0.29, 0.717) is 12.8 Å². The van der Waals surface area contributed by atoms with Gasteiger partial charge in [0.25, 0.3) is 0 Å². The van der Waals surface area contributed by atoms with E-state index in [9.17, 15) is 13.2 Å². The van der Waals surface area contributed by atoms with Crippen molar-refractivity contribution >= 4 is 27.8 Å². The van der Waals surface area contributed by atoms with E-state index in [1.54, 1.807) is 11.8 Å². The van der Waals surface area contributed by atoms with Crippen LogP contribution in [0, 0.1) is 5.92 Å². The van der Waals surface area contributed by atoms with E-state index in [1.165, 1.54) is 7.11 Å². The molecule has 1 saturated carbocycles. The molecule has 0 amide bonds. The number of sulfonamides is 1. The van der Waals surface area contributed by atoms with Crippen LogP contribution >= 0.6 is 11.8 Å². The summed E-state index contributed by atoms with van der Waals surface area (Å²) in [5.74, 6) is -0.219. The van der Waals surface area contributed by atoms with Gasteiger partial charge in [0, 0.05) is 11.8 Å². The maximum atomic E-state index is 12.2. The van der Waals surface area contributed by atoms with Crippen molar-refractivity contribution in [3.05, 3.63) is 0 Å². The summed E-state index contributed by atoms with van der Waals surface area (Å²) in [5, 5.41) is -0.644. The van der Waals surface area contributed by atoms with Crippen molar-refractivity contribution in [2.75, 3.05) is 19.1 Å². The first-order chi connectivity index (χ1) is 8.42. The zero-order chi connectivity index (χ0) is 13.8. The van der Waals surface area contributed by atoms with E-state index < -0.39 is 27.2 Å². The van der Waals surface area contributed by atoms with Crippen LogP contribution in [-0.2, 0) is 19.6 Å². The van der Waals surface area contributed by atoms with Gasteiger partial charge in [-0.2, -0.15) is 11.8 Å². The zero-order valence-electron chi connectivity index (χ0n) is 11.0. The van der Waals surface area contributed by atoms with Crippen LogP contribution < -0.4 is 4.72 Å². The molecular formula is C11H21NO4S2. The van der Waals surface area contributed by atoms with Crippen LogP contribution in [0.3, 0.4) is 0 Å². The van der Waals surface area contributed by atoms with Crippen LogP contribution in [0.4, 0.5) is 0 Å². The van der Waals surface area contributed by atoms with Gasteiger partial charge in [0.15, 0.2) is 0 Å². The van der Waals surface area contributed by atoms with Crippen LogP contribution in [0.5, 0.6) is 0 Å². The molecule has 0 saturated heterocycles. The third-order valence-electron chi connectivity index (χ3n) is 3.14. The van der Waals surface area contributed by atoms with Gasteiger partial charge >= 0.3 is 5.97 Å². The largest absolute Gasteiger partial charge is 0.469 e. The van der Waals surface area contributed by atoms with Crippen LogP contribution in [0.15, 0.2) is 0 Å². The average Bonchev–Trinajstić information content (AvgIpc) is 2.77.